The summed E-state index contributed by atoms with van der Waals surface area (Å²) in [4.78, 5) is 15.4. The van der Waals surface area contributed by atoms with Gasteiger partial charge in [0.1, 0.15) is 0 Å². The van der Waals surface area contributed by atoms with Gasteiger partial charge in [-0.3, -0.25) is 4.79 Å². The monoisotopic (exact) mass is 204 g/mol. The Balaban J connectivity index is 3.60. The van der Waals surface area contributed by atoms with Crippen molar-refractivity contribution in [3.05, 3.63) is 0 Å². The van der Waals surface area contributed by atoms with Gasteiger partial charge in [0.15, 0.2) is 0 Å². The molecule has 0 aromatic rings. The summed E-state index contributed by atoms with van der Waals surface area (Å²) in [6.07, 6.45) is 0. The van der Waals surface area contributed by atoms with Crippen LogP contribution in [-0.2, 0) is 0 Å². The molecule has 78 valence electrons. The van der Waals surface area contributed by atoms with Gasteiger partial charge in [-0.25, -0.2) is 0 Å². The molecule has 0 saturated heterocycles. The van der Waals surface area contributed by atoms with E-state index in [-0.39, 0.29) is 5.24 Å². The quantitative estimate of drug-likeness (QED) is 0.681. The van der Waals surface area contributed by atoms with Crippen LogP contribution in [0.25, 0.3) is 0 Å². The van der Waals surface area contributed by atoms with Crippen LogP contribution in [0.15, 0.2) is 0 Å². The summed E-state index contributed by atoms with van der Waals surface area (Å²) >= 11 is 1.41. The van der Waals surface area contributed by atoms with Gasteiger partial charge in [0.25, 0.3) is 5.24 Å². The minimum Gasteiger partial charge on any atom is -0.334 e. The molecule has 4 heteroatoms. The Bertz CT molecular complexity index is 147. The molecule has 0 spiro atoms. The van der Waals surface area contributed by atoms with Gasteiger partial charge < -0.3 is 9.80 Å². The maximum absolute atomic E-state index is 11.5. The number of amides is 1. The molecule has 0 rings (SSSR count). The zero-order valence-corrected chi connectivity index (χ0v) is 9.86. The molecule has 0 fully saturated rings. The van der Waals surface area contributed by atoms with E-state index in [9.17, 15) is 4.79 Å². The number of carbonyl (C=O) groups is 1. The molecule has 0 radical (unpaired) electrons. The molecular formula is C9H20N2OS. The van der Waals surface area contributed by atoms with Crippen molar-refractivity contribution in [2.24, 2.45) is 0 Å². The third-order valence-electron chi connectivity index (χ3n) is 1.79. The molecule has 0 N–H and O–H groups in total. The van der Waals surface area contributed by atoms with Crippen molar-refractivity contribution in [3.8, 4) is 0 Å². The standard InChI is InChI=1S/C9H20N2OS/c1-5-11(6-2)9(12)13-8-7-10(3)4/h5-8H2,1-4H3. The molecule has 0 aliphatic carbocycles. The molecule has 0 heterocycles. The van der Waals surface area contributed by atoms with Crippen molar-refractivity contribution in [3.63, 3.8) is 0 Å². The molecule has 0 bridgehead atoms. The van der Waals surface area contributed by atoms with E-state index < -0.39 is 0 Å². The van der Waals surface area contributed by atoms with Gasteiger partial charge in [-0.1, -0.05) is 11.8 Å². The second-order valence-electron chi connectivity index (χ2n) is 3.09. The van der Waals surface area contributed by atoms with E-state index in [1.807, 2.05) is 32.8 Å². The largest absolute Gasteiger partial charge is 0.334 e. The number of carbonyl (C=O) groups excluding carboxylic acids is 1. The summed E-state index contributed by atoms with van der Waals surface area (Å²) in [7, 11) is 4.03. The Morgan fingerprint density at radius 1 is 1.23 bits per heavy atom. The Labute approximate surface area is 85.5 Å². The number of hydrogen-bond acceptors (Lipinski definition) is 3. The van der Waals surface area contributed by atoms with Crippen LogP contribution in [0.2, 0.25) is 0 Å². The summed E-state index contributed by atoms with van der Waals surface area (Å²) in [6, 6.07) is 0. The van der Waals surface area contributed by atoms with Gasteiger partial charge in [-0.15, -0.1) is 0 Å². The van der Waals surface area contributed by atoms with Crippen molar-refractivity contribution in [1.82, 2.24) is 9.80 Å². The molecule has 0 saturated carbocycles. The zero-order chi connectivity index (χ0) is 10.3. The lowest BCUT2D eigenvalue weighted by atomic mass is 10.6. The number of thioether (sulfide) groups is 1. The van der Waals surface area contributed by atoms with Crippen molar-refractivity contribution in [2.75, 3.05) is 39.5 Å². The van der Waals surface area contributed by atoms with Crippen LogP contribution in [0.1, 0.15) is 13.8 Å². The predicted molar refractivity (Wildman–Crippen MR) is 59.3 cm³/mol. The van der Waals surface area contributed by atoms with Crippen molar-refractivity contribution >= 4 is 17.0 Å². The topological polar surface area (TPSA) is 23.6 Å². The Kier molecular flexibility index (Phi) is 7.09. The highest BCUT2D eigenvalue weighted by atomic mass is 32.2. The van der Waals surface area contributed by atoms with E-state index in [0.717, 1.165) is 25.4 Å². The maximum Gasteiger partial charge on any atom is 0.281 e. The third kappa shape index (κ3) is 5.93. The van der Waals surface area contributed by atoms with E-state index in [4.69, 9.17) is 0 Å². The van der Waals surface area contributed by atoms with Gasteiger partial charge in [0.2, 0.25) is 0 Å². The second kappa shape index (κ2) is 7.21. The van der Waals surface area contributed by atoms with Crippen LogP contribution in [0.3, 0.4) is 0 Å². The summed E-state index contributed by atoms with van der Waals surface area (Å²) < 4.78 is 0. The van der Waals surface area contributed by atoms with Crippen LogP contribution in [-0.4, -0.2) is 54.5 Å². The lowest BCUT2D eigenvalue weighted by molar-refractivity contribution is 0.228. The average molecular weight is 204 g/mol. The number of rotatable bonds is 5. The normalized spacial score (nSPS) is 10.5. The van der Waals surface area contributed by atoms with E-state index in [2.05, 4.69) is 4.90 Å². The molecule has 13 heavy (non-hydrogen) atoms. The Morgan fingerprint density at radius 2 is 1.77 bits per heavy atom. The maximum atomic E-state index is 11.5. The smallest absolute Gasteiger partial charge is 0.281 e. The van der Waals surface area contributed by atoms with E-state index in [1.54, 1.807) is 0 Å². The first-order valence-electron chi connectivity index (χ1n) is 4.68. The van der Waals surface area contributed by atoms with Gasteiger partial charge in [0.05, 0.1) is 0 Å². The average Bonchev–Trinajstić information content (AvgIpc) is 2.05. The summed E-state index contributed by atoms with van der Waals surface area (Å²) in [5.74, 6) is 0.877. The molecular weight excluding hydrogens is 184 g/mol. The first-order chi connectivity index (χ1) is 6.11. The molecule has 0 aliphatic rings. The fraction of sp³-hybridized carbons (Fsp3) is 0.889. The second-order valence-corrected chi connectivity index (χ2v) is 4.14. The van der Waals surface area contributed by atoms with Crippen molar-refractivity contribution in [1.29, 1.82) is 0 Å². The minimum atomic E-state index is 0.201. The van der Waals surface area contributed by atoms with Gasteiger partial charge in [-0.2, -0.15) is 0 Å². The SMILES string of the molecule is CCN(CC)C(=O)SCCN(C)C. The molecule has 3 nitrogen and oxygen atoms in total. The lowest BCUT2D eigenvalue weighted by Crippen LogP contribution is -2.28. The van der Waals surface area contributed by atoms with Gasteiger partial charge in [-0.05, 0) is 27.9 Å². The van der Waals surface area contributed by atoms with E-state index in [1.165, 1.54) is 11.8 Å². The molecule has 0 aliphatic heterocycles. The summed E-state index contributed by atoms with van der Waals surface area (Å²) in [5.41, 5.74) is 0. The van der Waals surface area contributed by atoms with E-state index in [0.29, 0.717) is 0 Å². The van der Waals surface area contributed by atoms with Crippen LogP contribution in [0, 0.1) is 0 Å². The molecule has 0 aromatic carbocycles. The third-order valence-corrected chi connectivity index (χ3v) is 2.68. The van der Waals surface area contributed by atoms with E-state index >= 15 is 0 Å². The summed E-state index contributed by atoms with van der Waals surface area (Å²) in [5, 5.41) is 0.201. The highest BCUT2D eigenvalue weighted by Crippen LogP contribution is 2.07. The minimum absolute atomic E-state index is 0.201. The molecule has 0 unspecified atom stereocenters. The van der Waals surface area contributed by atoms with Crippen LogP contribution >= 0.6 is 11.8 Å². The van der Waals surface area contributed by atoms with Crippen LogP contribution in [0.5, 0.6) is 0 Å². The molecule has 0 aromatic heterocycles. The first-order valence-corrected chi connectivity index (χ1v) is 5.66. The fourth-order valence-corrected chi connectivity index (χ4v) is 1.96. The van der Waals surface area contributed by atoms with Crippen LogP contribution in [0.4, 0.5) is 4.79 Å². The highest BCUT2D eigenvalue weighted by molar-refractivity contribution is 8.13. The fourth-order valence-electron chi connectivity index (χ4n) is 0.889. The molecule has 0 atom stereocenters. The first kappa shape index (κ1) is 12.8. The van der Waals surface area contributed by atoms with Crippen molar-refractivity contribution < 1.29 is 4.79 Å². The van der Waals surface area contributed by atoms with Gasteiger partial charge >= 0.3 is 0 Å². The van der Waals surface area contributed by atoms with Gasteiger partial charge in [0, 0.05) is 25.4 Å². The van der Waals surface area contributed by atoms with Crippen LogP contribution < -0.4 is 0 Å². The Hall–Kier alpha value is -0.220. The number of nitrogens with zero attached hydrogens (tertiary/aromatic N) is 2. The Morgan fingerprint density at radius 3 is 2.15 bits per heavy atom. The zero-order valence-electron chi connectivity index (χ0n) is 9.04. The lowest BCUT2D eigenvalue weighted by Gasteiger charge is -2.18. The van der Waals surface area contributed by atoms with Crippen molar-refractivity contribution in [2.45, 2.75) is 13.8 Å². The predicted octanol–water partition coefficient (Wildman–Crippen LogP) is 1.74. The molecule has 1 amide bonds. The number of hydrogen-bond donors (Lipinski definition) is 0. The highest BCUT2D eigenvalue weighted by Gasteiger charge is 2.09. The summed E-state index contributed by atoms with van der Waals surface area (Å²) in [6.45, 7) is 6.59.